The van der Waals surface area contributed by atoms with Gasteiger partial charge in [-0.25, -0.2) is 0 Å². The van der Waals surface area contributed by atoms with Gasteiger partial charge in [0.2, 0.25) is 0 Å². The van der Waals surface area contributed by atoms with Gasteiger partial charge in [-0.3, -0.25) is 9.88 Å². The van der Waals surface area contributed by atoms with Crippen LogP contribution in [-0.2, 0) is 9.09 Å². The Kier molecular flexibility index (Phi) is 6.15. The second-order valence-electron chi connectivity index (χ2n) is 8.10. The molecule has 1 aliphatic rings. The topological polar surface area (TPSA) is 47.6 Å². The maximum Gasteiger partial charge on any atom is 0.253 e. The monoisotopic (exact) mass is 455 g/mol. The van der Waals surface area contributed by atoms with Crippen molar-refractivity contribution in [2.75, 3.05) is 7.11 Å². The number of hydrogen-bond acceptors (Lipinski definition) is 4. The van der Waals surface area contributed by atoms with Crippen LogP contribution in [-0.4, -0.2) is 7.11 Å². The van der Waals surface area contributed by atoms with E-state index in [1.165, 1.54) is 0 Å². The third-order valence-electron chi connectivity index (χ3n) is 6.08. The van der Waals surface area contributed by atoms with Crippen molar-refractivity contribution in [3.05, 3.63) is 132 Å². The molecule has 0 spiro atoms. The molecule has 166 valence electrons. The number of nitrogens with one attached hydrogen (secondary N) is 1. The molecule has 1 heterocycles. The van der Waals surface area contributed by atoms with Gasteiger partial charge >= 0.3 is 0 Å². The highest BCUT2D eigenvalue weighted by atomic mass is 31.2. The maximum atomic E-state index is 14.8. The third-order valence-corrected chi connectivity index (χ3v) is 8.77. The molecule has 0 aromatic heterocycles. The van der Waals surface area contributed by atoms with E-state index in [1.54, 1.807) is 7.11 Å². The Balaban J connectivity index is 1.66. The summed E-state index contributed by atoms with van der Waals surface area (Å²) in [6.07, 6.45) is -0.415. The zero-order valence-corrected chi connectivity index (χ0v) is 19.3. The van der Waals surface area contributed by atoms with Gasteiger partial charge < -0.3 is 9.26 Å². The van der Waals surface area contributed by atoms with E-state index in [2.05, 4.69) is 17.4 Å². The molecule has 4 aromatic rings. The molecule has 5 heteroatoms. The van der Waals surface area contributed by atoms with Gasteiger partial charge in [0.15, 0.2) is 0 Å². The molecule has 1 aliphatic heterocycles. The molecule has 0 saturated carbocycles. The van der Waals surface area contributed by atoms with E-state index in [4.69, 9.17) is 9.26 Å². The van der Waals surface area contributed by atoms with Crippen LogP contribution in [0.3, 0.4) is 0 Å². The second-order valence-corrected chi connectivity index (χ2v) is 10.5. The number of hydrogen-bond donors (Lipinski definition) is 1. The molecule has 4 nitrogen and oxygen atoms in total. The van der Waals surface area contributed by atoms with Crippen LogP contribution in [0.1, 0.15) is 34.6 Å². The van der Waals surface area contributed by atoms with Gasteiger partial charge in [0.05, 0.1) is 13.2 Å². The minimum Gasteiger partial charge on any atom is -0.497 e. The lowest BCUT2D eigenvalue weighted by Gasteiger charge is -2.43. The summed E-state index contributed by atoms with van der Waals surface area (Å²) >= 11 is 0. The molecular formula is C28H26NO3P. The van der Waals surface area contributed by atoms with E-state index in [-0.39, 0.29) is 6.04 Å². The molecule has 4 aromatic carbocycles. The van der Waals surface area contributed by atoms with Crippen LogP contribution in [0.15, 0.2) is 115 Å². The van der Waals surface area contributed by atoms with Gasteiger partial charge in [-0.2, -0.15) is 0 Å². The average Bonchev–Trinajstić information content (AvgIpc) is 2.90. The molecule has 4 atom stereocenters. The molecule has 0 radical (unpaired) electrons. The molecule has 1 N–H and O–H groups in total. The molecule has 0 amide bonds. The summed E-state index contributed by atoms with van der Waals surface area (Å²) in [5.41, 5.74) is 3.01. The first-order valence-electron chi connectivity index (χ1n) is 11.0. The lowest BCUT2D eigenvalue weighted by atomic mass is 9.95. The van der Waals surface area contributed by atoms with Crippen molar-refractivity contribution in [3.63, 3.8) is 0 Å². The Bertz CT molecular complexity index is 1230. The minimum absolute atomic E-state index is 0.167. The van der Waals surface area contributed by atoms with Crippen molar-refractivity contribution in [2.24, 2.45) is 0 Å². The normalized spacial score (nSPS) is 24.8. The van der Waals surface area contributed by atoms with Crippen LogP contribution in [0.4, 0.5) is 0 Å². The zero-order chi connectivity index (χ0) is 22.7. The smallest absolute Gasteiger partial charge is 0.253 e. The number of rotatable bonds is 5. The largest absolute Gasteiger partial charge is 0.497 e. The van der Waals surface area contributed by atoms with E-state index in [0.29, 0.717) is 11.1 Å². The number of ether oxygens (including phenoxy) is 1. The fraction of sp³-hybridized carbons (Fsp3) is 0.143. The summed E-state index contributed by atoms with van der Waals surface area (Å²) in [5, 5.41) is 4.40. The van der Waals surface area contributed by atoms with Crippen LogP contribution in [0.2, 0.25) is 0 Å². The minimum atomic E-state index is -3.37. The predicted molar refractivity (Wildman–Crippen MR) is 132 cm³/mol. The van der Waals surface area contributed by atoms with Crippen LogP contribution in [0.5, 0.6) is 5.75 Å². The van der Waals surface area contributed by atoms with Crippen molar-refractivity contribution in [2.45, 2.75) is 17.9 Å². The first-order valence-corrected chi connectivity index (χ1v) is 12.7. The molecule has 0 bridgehead atoms. The quantitative estimate of drug-likeness (QED) is 0.354. The average molecular weight is 455 g/mol. The zero-order valence-electron chi connectivity index (χ0n) is 18.4. The van der Waals surface area contributed by atoms with E-state index in [1.807, 2.05) is 103 Å². The van der Waals surface area contributed by atoms with Crippen LogP contribution in [0.25, 0.3) is 0 Å². The van der Waals surface area contributed by atoms with Gasteiger partial charge in [-0.1, -0.05) is 91.0 Å². The molecule has 33 heavy (non-hydrogen) atoms. The lowest BCUT2D eigenvalue weighted by Crippen LogP contribution is -2.39. The summed E-state index contributed by atoms with van der Waals surface area (Å²) in [4.78, 5) is 0. The summed E-state index contributed by atoms with van der Waals surface area (Å²) in [5.74, 6) is 0.227. The van der Waals surface area contributed by atoms with Crippen LogP contribution >= 0.6 is 7.37 Å². The van der Waals surface area contributed by atoms with Gasteiger partial charge in [0.1, 0.15) is 17.6 Å². The number of methoxy groups -OCH3 is 1. The lowest BCUT2D eigenvalue weighted by molar-refractivity contribution is 0.127. The van der Waals surface area contributed by atoms with Crippen molar-refractivity contribution in [1.82, 2.24) is 5.32 Å². The molecule has 1 unspecified atom stereocenters. The predicted octanol–water partition coefficient (Wildman–Crippen LogP) is 6.40. The van der Waals surface area contributed by atoms with Crippen molar-refractivity contribution >= 4 is 12.7 Å². The first kappa shape index (κ1) is 21.7. The van der Waals surface area contributed by atoms with Crippen molar-refractivity contribution < 1.29 is 13.8 Å². The SMILES string of the molecule is COc1ccc(P2(=O)O[C@H](c3ccccc3)[C@H](c3ccccc3)N[C@@H]2c2ccccc2)cc1. The summed E-state index contributed by atoms with van der Waals surface area (Å²) in [6, 6.07) is 37.3. The first-order chi connectivity index (χ1) is 16.2. The summed E-state index contributed by atoms with van der Waals surface area (Å²) in [6.45, 7) is 0. The van der Waals surface area contributed by atoms with Gasteiger partial charge in [0.25, 0.3) is 7.37 Å². The Morgan fingerprint density at radius 2 is 1.21 bits per heavy atom. The van der Waals surface area contributed by atoms with Crippen LogP contribution in [0, 0.1) is 0 Å². The van der Waals surface area contributed by atoms with Crippen LogP contribution < -0.4 is 15.4 Å². The molecule has 1 fully saturated rings. The Labute approximate surface area is 194 Å². The standard InChI is InChI=1S/C28H26NO3P/c1-31-24-17-19-25(20-18-24)33(30)28(23-15-9-4-10-16-23)29-26(21-11-5-2-6-12-21)27(32-33)22-13-7-3-8-14-22/h2-20,26-29H,1H3/t26-,27+,28-,33?/m0/s1. The van der Waals surface area contributed by atoms with Gasteiger partial charge in [-0.05, 0) is 41.0 Å². The van der Waals surface area contributed by atoms with E-state index < -0.39 is 19.3 Å². The fourth-order valence-corrected chi connectivity index (χ4v) is 7.01. The molecular weight excluding hydrogens is 429 g/mol. The molecule has 0 aliphatic carbocycles. The fourth-order valence-electron chi connectivity index (χ4n) is 4.40. The van der Waals surface area contributed by atoms with E-state index >= 15 is 0 Å². The number of benzene rings is 4. The Hall–Kier alpha value is -3.17. The second kappa shape index (κ2) is 9.36. The van der Waals surface area contributed by atoms with Crippen molar-refractivity contribution in [1.29, 1.82) is 0 Å². The highest BCUT2D eigenvalue weighted by molar-refractivity contribution is 7.67. The third kappa shape index (κ3) is 4.26. The highest BCUT2D eigenvalue weighted by Gasteiger charge is 2.48. The summed E-state index contributed by atoms with van der Waals surface area (Å²) in [7, 11) is -1.75. The summed E-state index contributed by atoms with van der Waals surface area (Å²) < 4.78 is 26.8. The van der Waals surface area contributed by atoms with E-state index in [9.17, 15) is 4.57 Å². The maximum absolute atomic E-state index is 14.8. The highest BCUT2D eigenvalue weighted by Crippen LogP contribution is 2.65. The van der Waals surface area contributed by atoms with Gasteiger partial charge in [0, 0.05) is 5.30 Å². The Morgan fingerprint density at radius 1 is 0.697 bits per heavy atom. The Morgan fingerprint density at radius 3 is 1.76 bits per heavy atom. The molecule has 1 saturated heterocycles. The van der Waals surface area contributed by atoms with Crippen molar-refractivity contribution in [3.8, 4) is 5.75 Å². The van der Waals surface area contributed by atoms with E-state index in [0.717, 1.165) is 16.7 Å². The van der Waals surface area contributed by atoms with Gasteiger partial charge in [-0.15, -0.1) is 0 Å². The molecule has 5 rings (SSSR count).